The predicted molar refractivity (Wildman–Crippen MR) is 40.3 cm³/mol. The van der Waals surface area contributed by atoms with Crippen molar-refractivity contribution in [2.75, 3.05) is 7.11 Å². The summed E-state index contributed by atoms with van der Waals surface area (Å²) in [5, 5.41) is 0. The fourth-order valence-corrected chi connectivity index (χ4v) is 0.835. The molecule has 1 aromatic rings. The fraction of sp³-hybridized carbons (Fsp3) is 0.286. The molecule has 0 aromatic carbocycles. The van der Waals surface area contributed by atoms with Crippen LogP contribution in [-0.2, 0) is 5.88 Å². The van der Waals surface area contributed by atoms with Crippen LogP contribution in [0.15, 0.2) is 12.1 Å². The van der Waals surface area contributed by atoms with E-state index in [-0.39, 0.29) is 17.6 Å². The van der Waals surface area contributed by atoms with Crippen molar-refractivity contribution in [2.45, 2.75) is 5.88 Å². The van der Waals surface area contributed by atoms with Crippen molar-refractivity contribution in [3.05, 3.63) is 23.6 Å². The van der Waals surface area contributed by atoms with Crippen LogP contribution in [0.2, 0.25) is 0 Å². The van der Waals surface area contributed by atoms with Gasteiger partial charge in [-0.15, -0.1) is 11.6 Å². The summed E-state index contributed by atoms with van der Waals surface area (Å²) in [6.07, 6.45) is 0. The molecule has 0 aliphatic rings. The molecule has 0 atom stereocenters. The first kappa shape index (κ1) is 8.27. The number of hydrogen-bond donors (Lipinski definition) is 0. The Morgan fingerprint density at radius 2 is 2.36 bits per heavy atom. The third kappa shape index (κ3) is 2.05. The summed E-state index contributed by atoms with van der Waals surface area (Å²) >= 11 is 5.44. The topological polar surface area (TPSA) is 22.1 Å². The summed E-state index contributed by atoms with van der Waals surface area (Å²) in [7, 11) is 1.43. The van der Waals surface area contributed by atoms with Gasteiger partial charge in [0.1, 0.15) is 5.82 Å². The highest BCUT2D eigenvalue weighted by molar-refractivity contribution is 6.16. The number of alkyl halides is 1. The van der Waals surface area contributed by atoms with E-state index in [9.17, 15) is 4.39 Å². The average Bonchev–Trinajstić information content (AvgIpc) is 2.03. The van der Waals surface area contributed by atoms with Crippen LogP contribution < -0.4 is 4.74 Å². The van der Waals surface area contributed by atoms with Crippen molar-refractivity contribution >= 4 is 11.6 Å². The van der Waals surface area contributed by atoms with Crippen molar-refractivity contribution in [3.8, 4) is 5.88 Å². The van der Waals surface area contributed by atoms with Crippen molar-refractivity contribution < 1.29 is 9.13 Å². The third-order valence-corrected chi connectivity index (χ3v) is 1.44. The van der Waals surface area contributed by atoms with Crippen LogP contribution in [0.3, 0.4) is 0 Å². The zero-order valence-electron chi connectivity index (χ0n) is 5.97. The maximum atomic E-state index is 12.6. The lowest BCUT2D eigenvalue weighted by Crippen LogP contribution is -1.92. The van der Waals surface area contributed by atoms with E-state index in [4.69, 9.17) is 16.3 Å². The molecule has 1 aromatic heterocycles. The first-order chi connectivity index (χ1) is 5.26. The average molecular weight is 176 g/mol. The fourth-order valence-electron chi connectivity index (χ4n) is 0.698. The zero-order chi connectivity index (χ0) is 8.27. The van der Waals surface area contributed by atoms with E-state index in [2.05, 4.69) is 4.98 Å². The second-order valence-electron chi connectivity index (χ2n) is 1.95. The molecule has 0 N–H and O–H groups in total. The molecule has 0 spiro atoms. The Kier molecular flexibility index (Phi) is 2.65. The Balaban J connectivity index is 3.02. The minimum absolute atomic E-state index is 0.189. The van der Waals surface area contributed by atoms with Crippen LogP contribution in [-0.4, -0.2) is 12.1 Å². The third-order valence-electron chi connectivity index (χ3n) is 1.17. The molecule has 0 unspecified atom stereocenters. The Hall–Kier alpha value is -0.830. The molecule has 0 radical (unpaired) electrons. The second kappa shape index (κ2) is 3.53. The van der Waals surface area contributed by atoms with Crippen LogP contribution in [0.4, 0.5) is 4.39 Å². The van der Waals surface area contributed by atoms with Gasteiger partial charge in [0.05, 0.1) is 18.7 Å². The summed E-state index contributed by atoms with van der Waals surface area (Å²) in [5.74, 6) is 0.0573. The van der Waals surface area contributed by atoms with Gasteiger partial charge in [-0.1, -0.05) is 0 Å². The molecule has 0 aliphatic heterocycles. The van der Waals surface area contributed by atoms with Gasteiger partial charge >= 0.3 is 0 Å². The second-order valence-corrected chi connectivity index (χ2v) is 2.22. The molecule has 0 bridgehead atoms. The highest BCUT2D eigenvalue weighted by atomic mass is 35.5. The molecule has 0 amide bonds. The zero-order valence-corrected chi connectivity index (χ0v) is 6.73. The van der Waals surface area contributed by atoms with Gasteiger partial charge in [-0.3, -0.25) is 0 Å². The molecule has 0 saturated carbocycles. The van der Waals surface area contributed by atoms with Crippen molar-refractivity contribution in [1.29, 1.82) is 0 Å². The van der Waals surface area contributed by atoms with Crippen LogP contribution in [0.5, 0.6) is 5.88 Å². The van der Waals surface area contributed by atoms with Gasteiger partial charge in [-0.2, -0.15) is 0 Å². The predicted octanol–water partition coefficient (Wildman–Crippen LogP) is 1.97. The van der Waals surface area contributed by atoms with E-state index in [0.717, 1.165) is 0 Å². The molecular formula is C7H7ClFNO. The molecule has 0 saturated heterocycles. The van der Waals surface area contributed by atoms with E-state index in [1.54, 1.807) is 0 Å². The van der Waals surface area contributed by atoms with E-state index in [1.165, 1.54) is 19.2 Å². The number of hydrogen-bond acceptors (Lipinski definition) is 2. The SMILES string of the molecule is COc1cc(F)cc(CCl)n1. The Morgan fingerprint density at radius 3 is 2.91 bits per heavy atom. The first-order valence-electron chi connectivity index (χ1n) is 3.02. The molecule has 1 rings (SSSR count). The number of aromatic nitrogens is 1. The van der Waals surface area contributed by atoms with Gasteiger partial charge in [0, 0.05) is 6.07 Å². The van der Waals surface area contributed by atoms with Gasteiger partial charge in [0.15, 0.2) is 0 Å². The quantitative estimate of drug-likeness (QED) is 0.642. The lowest BCUT2D eigenvalue weighted by Gasteiger charge is -2.00. The Bertz CT molecular complexity index is 232. The van der Waals surface area contributed by atoms with Gasteiger partial charge in [-0.05, 0) is 6.07 Å². The van der Waals surface area contributed by atoms with Crippen molar-refractivity contribution in [1.82, 2.24) is 4.98 Å². The van der Waals surface area contributed by atoms with Crippen LogP contribution in [0, 0.1) is 5.82 Å². The van der Waals surface area contributed by atoms with Gasteiger partial charge in [0.2, 0.25) is 5.88 Å². The lowest BCUT2D eigenvalue weighted by atomic mass is 10.4. The largest absolute Gasteiger partial charge is 0.481 e. The number of pyridine rings is 1. The van der Waals surface area contributed by atoms with Crippen molar-refractivity contribution in [3.63, 3.8) is 0 Å². The monoisotopic (exact) mass is 175 g/mol. The standard InChI is InChI=1S/C7H7ClFNO/c1-11-7-3-5(9)2-6(4-8)10-7/h2-3H,4H2,1H3. The molecular weight excluding hydrogens is 169 g/mol. The van der Waals surface area contributed by atoms with Crippen molar-refractivity contribution in [2.24, 2.45) is 0 Å². The summed E-state index contributed by atoms with van der Waals surface area (Å²) in [5.41, 5.74) is 0.475. The Morgan fingerprint density at radius 1 is 1.64 bits per heavy atom. The van der Waals surface area contributed by atoms with Crippen LogP contribution in [0.25, 0.3) is 0 Å². The molecule has 0 fully saturated rings. The molecule has 11 heavy (non-hydrogen) atoms. The van der Waals surface area contributed by atoms with Crippen LogP contribution in [0.1, 0.15) is 5.69 Å². The van der Waals surface area contributed by atoms with Crippen LogP contribution >= 0.6 is 11.6 Å². The summed E-state index contributed by atoms with van der Waals surface area (Å²) in [6.45, 7) is 0. The van der Waals surface area contributed by atoms with Gasteiger partial charge in [-0.25, -0.2) is 9.37 Å². The molecule has 4 heteroatoms. The summed E-state index contributed by atoms with van der Waals surface area (Å²) in [6, 6.07) is 2.48. The number of halogens is 2. The number of methoxy groups -OCH3 is 1. The first-order valence-corrected chi connectivity index (χ1v) is 3.56. The normalized spacial score (nSPS) is 9.73. The van der Waals surface area contributed by atoms with E-state index in [0.29, 0.717) is 5.69 Å². The number of ether oxygens (including phenoxy) is 1. The van der Waals surface area contributed by atoms with Gasteiger partial charge < -0.3 is 4.74 Å². The highest BCUT2D eigenvalue weighted by Crippen LogP contribution is 2.11. The molecule has 0 aliphatic carbocycles. The minimum atomic E-state index is -0.382. The maximum Gasteiger partial charge on any atom is 0.216 e. The molecule has 60 valence electrons. The van der Waals surface area contributed by atoms with E-state index >= 15 is 0 Å². The van der Waals surface area contributed by atoms with E-state index < -0.39 is 0 Å². The summed E-state index contributed by atoms with van der Waals surface area (Å²) < 4.78 is 17.4. The lowest BCUT2D eigenvalue weighted by molar-refractivity contribution is 0.392. The smallest absolute Gasteiger partial charge is 0.216 e. The van der Waals surface area contributed by atoms with E-state index in [1.807, 2.05) is 0 Å². The molecule has 1 heterocycles. The maximum absolute atomic E-state index is 12.6. The Labute approximate surface area is 69.0 Å². The number of nitrogens with zero attached hydrogens (tertiary/aromatic N) is 1. The summed E-state index contributed by atoms with van der Waals surface area (Å²) in [4.78, 5) is 3.88. The van der Waals surface area contributed by atoms with Gasteiger partial charge in [0.25, 0.3) is 0 Å². The minimum Gasteiger partial charge on any atom is -0.481 e. The molecule has 2 nitrogen and oxygen atoms in total. The highest BCUT2D eigenvalue weighted by Gasteiger charge is 2.00. The number of rotatable bonds is 2.